The monoisotopic (exact) mass is 367 g/mol. The molecule has 2 saturated heterocycles. The van der Waals surface area contributed by atoms with E-state index in [1.165, 1.54) is 38.0 Å². The summed E-state index contributed by atoms with van der Waals surface area (Å²) in [5, 5.41) is 3.61. The summed E-state index contributed by atoms with van der Waals surface area (Å²) in [7, 11) is 0. The van der Waals surface area contributed by atoms with Gasteiger partial charge in [0.1, 0.15) is 0 Å². The summed E-state index contributed by atoms with van der Waals surface area (Å²) in [4.78, 5) is 19.3. The van der Waals surface area contributed by atoms with Crippen LogP contribution in [0.5, 0.6) is 0 Å². The van der Waals surface area contributed by atoms with Crippen LogP contribution in [0.3, 0.4) is 0 Å². The summed E-state index contributed by atoms with van der Waals surface area (Å²) in [5.41, 5.74) is 3.13. The zero-order valence-electron chi connectivity index (χ0n) is 15.4. The normalized spacial score (nSPS) is 22.4. The van der Waals surface area contributed by atoms with Crippen LogP contribution >= 0.6 is 11.3 Å². The fourth-order valence-electron chi connectivity index (χ4n) is 3.86. The van der Waals surface area contributed by atoms with Gasteiger partial charge in [-0.3, -0.25) is 4.79 Å². The van der Waals surface area contributed by atoms with Gasteiger partial charge in [-0.1, -0.05) is 13.0 Å². The topological polar surface area (TPSA) is 45.2 Å². The van der Waals surface area contributed by atoms with Crippen molar-refractivity contribution in [2.75, 3.05) is 19.6 Å². The van der Waals surface area contributed by atoms with Crippen molar-refractivity contribution < 1.29 is 0 Å². The van der Waals surface area contributed by atoms with E-state index in [1.54, 1.807) is 29.5 Å². The average molecular weight is 368 g/mol. The molecular formula is C21H25N3OS. The lowest BCUT2D eigenvalue weighted by Crippen LogP contribution is -2.50. The molecule has 26 heavy (non-hydrogen) atoms. The second-order valence-corrected chi connectivity index (χ2v) is 8.39. The van der Waals surface area contributed by atoms with Crippen LogP contribution in [0.2, 0.25) is 0 Å². The van der Waals surface area contributed by atoms with Crippen LogP contribution < -0.4 is 10.7 Å². The predicted molar refractivity (Wildman–Crippen MR) is 109 cm³/mol. The number of aryl methyl sites for hydroxylation is 1. The van der Waals surface area contributed by atoms with E-state index in [2.05, 4.69) is 41.2 Å². The van der Waals surface area contributed by atoms with Crippen LogP contribution in [-0.4, -0.2) is 41.6 Å². The quantitative estimate of drug-likeness (QED) is 0.669. The van der Waals surface area contributed by atoms with Crippen LogP contribution in [0, 0.1) is 6.92 Å². The van der Waals surface area contributed by atoms with Gasteiger partial charge in [0.25, 0.3) is 0 Å². The number of hydrogen-bond donors (Lipinski definition) is 1. The van der Waals surface area contributed by atoms with Gasteiger partial charge in [-0.15, -0.1) is 11.3 Å². The first-order valence-electron chi connectivity index (χ1n) is 9.40. The Morgan fingerprint density at radius 2 is 1.92 bits per heavy atom. The van der Waals surface area contributed by atoms with E-state index in [9.17, 15) is 4.79 Å². The molecule has 5 rings (SSSR count). The lowest BCUT2D eigenvalue weighted by atomic mass is 10.2. The molecule has 3 heterocycles. The maximum Gasteiger partial charge on any atom is 0.180 e. The summed E-state index contributed by atoms with van der Waals surface area (Å²) < 4.78 is 1.12. The number of aromatic nitrogens is 1. The molecule has 4 nitrogen and oxygen atoms in total. The number of piperazine rings is 1. The van der Waals surface area contributed by atoms with Crippen molar-refractivity contribution >= 4 is 21.6 Å². The highest BCUT2D eigenvalue weighted by Crippen LogP contribution is 2.29. The van der Waals surface area contributed by atoms with Crippen LogP contribution in [0.1, 0.15) is 25.3 Å². The summed E-state index contributed by atoms with van der Waals surface area (Å²) in [6.07, 6.45) is 2.81. The molecule has 0 radical (unpaired) electrons. The van der Waals surface area contributed by atoms with Crippen molar-refractivity contribution in [2.45, 2.75) is 38.8 Å². The van der Waals surface area contributed by atoms with Crippen molar-refractivity contribution in [1.29, 1.82) is 0 Å². The second-order valence-electron chi connectivity index (χ2n) is 7.30. The lowest BCUT2D eigenvalue weighted by molar-refractivity contribution is 0.205. The highest BCUT2D eigenvalue weighted by molar-refractivity contribution is 7.21. The van der Waals surface area contributed by atoms with Gasteiger partial charge < -0.3 is 10.2 Å². The van der Waals surface area contributed by atoms with Crippen molar-refractivity contribution in [3.05, 3.63) is 52.2 Å². The molecule has 1 aromatic rings. The first-order chi connectivity index (χ1) is 12.6. The molecule has 4 aliphatic rings. The Kier molecular flexibility index (Phi) is 5.02. The van der Waals surface area contributed by atoms with E-state index in [0.29, 0.717) is 0 Å². The molecule has 2 unspecified atom stereocenters. The van der Waals surface area contributed by atoms with Gasteiger partial charge in [0.05, 0.1) is 20.8 Å². The largest absolute Gasteiger partial charge is 0.309 e. The third kappa shape index (κ3) is 3.80. The third-order valence-electron chi connectivity index (χ3n) is 5.25. The second kappa shape index (κ2) is 7.43. The maximum atomic E-state index is 11.3. The molecule has 0 aromatic heterocycles. The number of nitrogens with zero attached hydrogens (tertiary/aromatic N) is 2. The fraction of sp³-hybridized carbons (Fsp3) is 0.429. The number of nitrogens with one attached hydrogen (secondary N) is 1. The van der Waals surface area contributed by atoms with E-state index in [0.717, 1.165) is 32.9 Å². The Bertz CT molecular complexity index is 926. The molecule has 3 aliphatic heterocycles. The molecule has 136 valence electrons. The van der Waals surface area contributed by atoms with E-state index < -0.39 is 0 Å². The van der Waals surface area contributed by atoms with Gasteiger partial charge in [-0.05, 0) is 56.1 Å². The number of fused-ring (bicyclic) bond motifs is 4. The molecule has 1 aromatic carbocycles. The third-order valence-corrected chi connectivity index (χ3v) is 6.34. The molecule has 1 N–H and O–H groups in total. The van der Waals surface area contributed by atoms with E-state index in [-0.39, 0.29) is 5.43 Å². The molecular weight excluding hydrogens is 342 g/mol. The molecule has 2 fully saturated rings. The van der Waals surface area contributed by atoms with Gasteiger partial charge in [0.15, 0.2) is 5.43 Å². The Balaban J connectivity index is 0.000000144. The zero-order chi connectivity index (χ0) is 18.1. The van der Waals surface area contributed by atoms with Gasteiger partial charge in [0, 0.05) is 31.2 Å². The summed E-state index contributed by atoms with van der Waals surface area (Å²) in [5.74, 6) is 0. The number of likely N-dealkylation sites (tertiary alicyclic amines) is 1. The van der Waals surface area contributed by atoms with Gasteiger partial charge >= 0.3 is 0 Å². The Labute approximate surface area is 158 Å². The smallest absolute Gasteiger partial charge is 0.180 e. The SMILES string of the molecule is CCN1CC2CCC(C1)N2.Cc1ccc2nc3ccc(=O)cc-3sc2c1. The number of rotatable bonds is 1. The van der Waals surface area contributed by atoms with E-state index in [1.807, 2.05) is 6.07 Å². The van der Waals surface area contributed by atoms with E-state index in [4.69, 9.17) is 0 Å². The van der Waals surface area contributed by atoms with Gasteiger partial charge in [-0.2, -0.15) is 0 Å². The van der Waals surface area contributed by atoms with Crippen molar-refractivity contribution in [3.63, 3.8) is 0 Å². The Hall–Kier alpha value is -1.82. The first kappa shape index (κ1) is 17.6. The number of hydrogen-bond acceptors (Lipinski definition) is 5. The number of benzene rings is 2. The predicted octanol–water partition coefficient (Wildman–Crippen LogP) is 3.51. The maximum absolute atomic E-state index is 11.3. The van der Waals surface area contributed by atoms with Crippen molar-refractivity contribution in [3.8, 4) is 10.6 Å². The van der Waals surface area contributed by atoms with Crippen LogP contribution in [-0.2, 0) is 0 Å². The summed E-state index contributed by atoms with van der Waals surface area (Å²) in [6, 6.07) is 12.8. The Morgan fingerprint density at radius 1 is 1.15 bits per heavy atom. The average Bonchev–Trinajstić information content (AvgIpc) is 2.98. The lowest BCUT2D eigenvalue weighted by Gasteiger charge is -2.31. The highest BCUT2D eigenvalue weighted by atomic mass is 32.1. The van der Waals surface area contributed by atoms with Gasteiger partial charge in [-0.25, -0.2) is 4.98 Å². The first-order valence-corrected chi connectivity index (χ1v) is 10.2. The molecule has 1 aliphatic carbocycles. The molecule has 0 saturated carbocycles. The summed E-state index contributed by atoms with van der Waals surface area (Å²) >= 11 is 1.62. The minimum absolute atomic E-state index is 0.0394. The van der Waals surface area contributed by atoms with Gasteiger partial charge in [0.2, 0.25) is 0 Å². The standard InChI is InChI=1S/C13H9NOS.C8H16N2/c1-8-2-4-10-12(6-8)16-13-7-9(15)3-5-11(13)14-10;1-2-10-5-7-3-4-8(6-10)9-7/h2-7H,1H3;7-9H,2-6H2,1H3. The molecule has 0 spiro atoms. The van der Waals surface area contributed by atoms with Crippen LogP contribution in [0.25, 0.3) is 20.8 Å². The summed E-state index contributed by atoms with van der Waals surface area (Å²) in [6.45, 7) is 8.11. The fourth-order valence-corrected chi connectivity index (χ4v) is 4.95. The minimum atomic E-state index is 0.0394. The molecule has 2 bridgehead atoms. The highest BCUT2D eigenvalue weighted by Gasteiger charge is 2.30. The van der Waals surface area contributed by atoms with E-state index >= 15 is 0 Å². The van der Waals surface area contributed by atoms with Crippen molar-refractivity contribution in [1.82, 2.24) is 15.2 Å². The molecule has 0 amide bonds. The Morgan fingerprint density at radius 3 is 2.65 bits per heavy atom. The minimum Gasteiger partial charge on any atom is -0.309 e. The zero-order valence-corrected chi connectivity index (χ0v) is 16.2. The van der Waals surface area contributed by atoms with Crippen LogP contribution in [0.4, 0.5) is 0 Å². The van der Waals surface area contributed by atoms with Crippen molar-refractivity contribution in [2.24, 2.45) is 0 Å². The molecule has 5 heteroatoms. The molecule has 2 atom stereocenters. The number of likely N-dealkylation sites (N-methyl/N-ethyl adjacent to an activating group) is 1. The van der Waals surface area contributed by atoms with Crippen LogP contribution in [0.15, 0.2) is 41.2 Å².